The zero-order valence-electron chi connectivity index (χ0n) is 8.75. The van der Waals surface area contributed by atoms with Gasteiger partial charge in [0.2, 0.25) is 0 Å². The Kier molecular flexibility index (Phi) is 3.78. The fourth-order valence-electron chi connectivity index (χ4n) is 2.05. The Balaban J connectivity index is 2.25. The van der Waals surface area contributed by atoms with E-state index >= 15 is 0 Å². The lowest BCUT2D eigenvalue weighted by atomic mass is 9.92. The van der Waals surface area contributed by atoms with Gasteiger partial charge in [0.1, 0.15) is 11.6 Å². The molecule has 1 saturated heterocycles. The van der Waals surface area contributed by atoms with Crippen LogP contribution in [-0.4, -0.2) is 11.5 Å². The van der Waals surface area contributed by atoms with Crippen LogP contribution in [0.3, 0.4) is 0 Å². The molecule has 2 atom stereocenters. The predicted octanol–water partition coefficient (Wildman–Crippen LogP) is 2.22. The fraction of sp³-hybridized carbons (Fsp3) is 0.455. The molecule has 88 valence electrons. The molecule has 1 aromatic rings. The van der Waals surface area contributed by atoms with Crippen LogP contribution in [0, 0.1) is 17.6 Å². The first kappa shape index (κ1) is 11.8. The van der Waals surface area contributed by atoms with Crippen molar-refractivity contribution in [1.82, 2.24) is 5.43 Å². The van der Waals surface area contributed by atoms with Crippen LogP contribution in [0.1, 0.15) is 18.0 Å². The maximum absolute atomic E-state index is 13.6. The monoisotopic (exact) mass is 244 g/mol. The number of nitrogens with two attached hydrogens (primary N) is 1. The van der Waals surface area contributed by atoms with E-state index in [0.717, 1.165) is 24.0 Å². The zero-order chi connectivity index (χ0) is 11.5. The second-order valence-electron chi connectivity index (χ2n) is 3.93. The highest BCUT2D eigenvalue weighted by molar-refractivity contribution is 7.99. The summed E-state index contributed by atoms with van der Waals surface area (Å²) in [5.41, 5.74) is 3.10. The molecule has 0 radical (unpaired) electrons. The van der Waals surface area contributed by atoms with Gasteiger partial charge in [-0.15, -0.1) is 0 Å². The minimum atomic E-state index is -0.558. The molecule has 0 bridgehead atoms. The number of benzene rings is 1. The third kappa shape index (κ3) is 2.36. The van der Waals surface area contributed by atoms with Crippen molar-refractivity contribution in [3.63, 3.8) is 0 Å². The number of rotatable bonds is 3. The lowest BCUT2D eigenvalue weighted by Crippen LogP contribution is -2.34. The van der Waals surface area contributed by atoms with Crippen LogP contribution < -0.4 is 11.3 Å². The summed E-state index contributed by atoms with van der Waals surface area (Å²) in [5.74, 6) is 6.74. The van der Waals surface area contributed by atoms with Crippen molar-refractivity contribution in [2.24, 2.45) is 11.8 Å². The summed E-state index contributed by atoms with van der Waals surface area (Å²) in [4.78, 5) is 0. The van der Waals surface area contributed by atoms with Crippen molar-refractivity contribution in [2.45, 2.75) is 12.5 Å². The summed E-state index contributed by atoms with van der Waals surface area (Å²) in [5, 5.41) is 0. The average molecular weight is 244 g/mol. The Hall–Kier alpha value is -0.650. The van der Waals surface area contributed by atoms with Crippen LogP contribution in [0.15, 0.2) is 18.2 Å². The summed E-state index contributed by atoms with van der Waals surface area (Å²) in [6.07, 6.45) is 1.01. The van der Waals surface area contributed by atoms with Gasteiger partial charge in [-0.05, 0) is 29.9 Å². The molecule has 0 saturated carbocycles. The number of nitrogens with one attached hydrogen (secondary N) is 1. The number of hydrazine groups is 1. The largest absolute Gasteiger partial charge is 0.271 e. The molecule has 0 amide bonds. The molecule has 1 fully saturated rings. The maximum atomic E-state index is 13.6. The highest BCUT2D eigenvalue weighted by Gasteiger charge is 2.27. The van der Waals surface area contributed by atoms with E-state index < -0.39 is 11.6 Å². The highest BCUT2D eigenvalue weighted by atomic mass is 32.2. The fourth-order valence-corrected chi connectivity index (χ4v) is 3.35. The van der Waals surface area contributed by atoms with Crippen LogP contribution in [0.5, 0.6) is 0 Å². The van der Waals surface area contributed by atoms with Crippen LogP contribution in [0.2, 0.25) is 0 Å². The van der Waals surface area contributed by atoms with Crippen molar-refractivity contribution < 1.29 is 8.78 Å². The molecule has 1 aliphatic heterocycles. The molecule has 16 heavy (non-hydrogen) atoms. The molecule has 2 nitrogen and oxygen atoms in total. The summed E-state index contributed by atoms with van der Waals surface area (Å²) >= 11 is 1.84. The molecule has 1 aliphatic rings. The first-order valence-corrected chi connectivity index (χ1v) is 6.36. The van der Waals surface area contributed by atoms with Crippen LogP contribution >= 0.6 is 11.8 Å². The second-order valence-corrected chi connectivity index (χ2v) is 5.08. The summed E-state index contributed by atoms with van der Waals surface area (Å²) in [7, 11) is 0. The van der Waals surface area contributed by atoms with Crippen LogP contribution in [0.4, 0.5) is 8.78 Å². The lowest BCUT2D eigenvalue weighted by Gasteiger charge is -2.22. The Morgan fingerprint density at radius 3 is 2.81 bits per heavy atom. The Morgan fingerprint density at radius 1 is 1.44 bits per heavy atom. The van der Waals surface area contributed by atoms with Gasteiger partial charge in [-0.1, -0.05) is 6.07 Å². The van der Waals surface area contributed by atoms with E-state index in [1.54, 1.807) is 0 Å². The van der Waals surface area contributed by atoms with Crippen LogP contribution in [-0.2, 0) is 0 Å². The van der Waals surface area contributed by atoms with Crippen molar-refractivity contribution in [3.05, 3.63) is 35.4 Å². The summed E-state index contributed by atoms with van der Waals surface area (Å²) < 4.78 is 26.4. The minimum Gasteiger partial charge on any atom is -0.271 e. The van der Waals surface area contributed by atoms with Crippen molar-refractivity contribution in [2.75, 3.05) is 11.5 Å². The lowest BCUT2D eigenvalue weighted by molar-refractivity contribution is 0.385. The first-order chi connectivity index (χ1) is 7.72. The van der Waals surface area contributed by atoms with Crippen molar-refractivity contribution in [3.8, 4) is 0 Å². The number of hydrogen-bond donors (Lipinski definition) is 2. The molecule has 2 unspecified atom stereocenters. The van der Waals surface area contributed by atoms with Gasteiger partial charge in [0.05, 0.1) is 6.04 Å². The minimum absolute atomic E-state index is 0.226. The smallest absolute Gasteiger partial charge is 0.130 e. The van der Waals surface area contributed by atoms with Gasteiger partial charge in [-0.3, -0.25) is 11.3 Å². The molecule has 2 rings (SSSR count). The molecule has 0 aliphatic carbocycles. The Bertz CT molecular complexity index is 367. The van der Waals surface area contributed by atoms with Gasteiger partial charge in [0, 0.05) is 11.6 Å². The molecule has 0 aromatic heterocycles. The van der Waals surface area contributed by atoms with E-state index in [0.29, 0.717) is 11.5 Å². The van der Waals surface area contributed by atoms with E-state index in [4.69, 9.17) is 5.84 Å². The van der Waals surface area contributed by atoms with Crippen molar-refractivity contribution >= 4 is 11.8 Å². The van der Waals surface area contributed by atoms with Gasteiger partial charge >= 0.3 is 0 Å². The Labute approximate surface area is 97.6 Å². The molecule has 1 heterocycles. The van der Waals surface area contributed by atoms with Gasteiger partial charge in [-0.25, -0.2) is 8.78 Å². The van der Waals surface area contributed by atoms with E-state index in [9.17, 15) is 8.78 Å². The van der Waals surface area contributed by atoms with Gasteiger partial charge in [0.25, 0.3) is 0 Å². The Morgan fingerprint density at radius 2 is 2.25 bits per heavy atom. The molecule has 3 N–H and O–H groups in total. The third-order valence-electron chi connectivity index (χ3n) is 2.91. The number of hydrogen-bond acceptors (Lipinski definition) is 3. The standard InChI is InChI=1S/C11H14F2N2S/c12-8-1-2-9(10(13)5-8)11(15-14)7-3-4-16-6-7/h1-2,5,7,11,15H,3-4,6,14H2. The third-order valence-corrected chi connectivity index (χ3v) is 4.10. The van der Waals surface area contributed by atoms with E-state index in [1.165, 1.54) is 12.1 Å². The van der Waals surface area contributed by atoms with Gasteiger partial charge in [0.15, 0.2) is 0 Å². The molecule has 1 aromatic carbocycles. The normalized spacial score (nSPS) is 22.3. The van der Waals surface area contributed by atoms with E-state index in [-0.39, 0.29) is 6.04 Å². The molecule has 5 heteroatoms. The molecular formula is C11H14F2N2S. The molecule has 0 spiro atoms. The summed E-state index contributed by atoms with van der Waals surface area (Å²) in [6.45, 7) is 0. The first-order valence-electron chi connectivity index (χ1n) is 5.21. The average Bonchev–Trinajstić information content (AvgIpc) is 2.75. The van der Waals surface area contributed by atoms with Gasteiger partial charge in [-0.2, -0.15) is 11.8 Å². The summed E-state index contributed by atoms with van der Waals surface area (Å²) in [6, 6.07) is 3.42. The van der Waals surface area contributed by atoms with Gasteiger partial charge < -0.3 is 0 Å². The zero-order valence-corrected chi connectivity index (χ0v) is 9.57. The van der Waals surface area contributed by atoms with E-state index in [1.807, 2.05) is 11.8 Å². The maximum Gasteiger partial charge on any atom is 0.130 e. The van der Waals surface area contributed by atoms with Crippen LogP contribution in [0.25, 0.3) is 0 Å². The molecular weight excluding hydrogens is 230 g/mol. The topological polar surface area (TPSA) is 38.0 Å². The van der Waals surface area contributed by atoms with Crippen molar-refractivity contribution in [1.29, 1.82) is 0 Å². The SMILES string of the molecule is NNC(c1ccc(F)cc1F)C1CCSC1. The predicted molar refractivity (Wildman–Crippen MR) is 61.9 cm³/mol. The quantitative estimate of drug-likeness (QED) is 0.632. The van der Waals surface area contributed by atoms with E-state index in [2.05, 4.69) is 5.43 Å². The number of thioether (sulfide) groups is 1. The second kappa shape index (κ2) is 5.12. The number of halogens is 2. The highest BCUT2D eigenvalue weighted by Crippen LogP contribution is 2.34.